The van der Waals surface area contributed by atoms with Crippen LogP contribution in [-0.4, -0.2) is 5.11 Å². The fourth-order valence-corrected chi connectivity index (χ4v) is 2.90. The van der Waals surface area contributed by atoms with Crippen molar-refractivity contribution in [1.29, 1.82) is 0 Å². The first kappa shape index (κ1) is 8.12. The Bertz CT molecular complexity index is 438. The van der Waals surface area contributed by atoms with Gasteiger partial charge in [-0.25, -0.2) is 0 Å². The summed E-state index contributed by atoms with van der Waals surface area (Å²) >= 11 is 3.72. The second-order valence-electron chi connectivity index (χ2n) is 2.47. The maximum atomic E-state index is 9.50. The summed E-state index contributed by atoms with van der Waals surface area (Å²) in [5.74, 6) is 0.200. The lowest BCUT2D eigenvalue weighted by atomic mass is 10.2. The molecule has 1 aromatic carbocycles. The fraction of sp³-hybridized carbons (Fsp3) is 0. The third kappa shape index (κ3) is 1.06. The van der Waals surface area contributed by atoms with Gasteiger partial charge in [-0.3, -0.25) is 0 Å². The number of halogens is 1. The molecule has 0 saturated carbocycles. The van der Waals surface area contributed by atoms with E-state index in [0.29, 0.717) is 5.69 Å². The molecule has 2 nitrogen and oxygen atoms in total. The molecule has 0 atom stereocenters. The van der Waals surface area contributed by atoms with Crippen LogP contribution in [-0.2, 0) is 0 Å². The predicted molar refractivity (Wildman–Crippen MR) is 60.6 cm³/mol. The van der Waals surface area contributed by atoms with Crippen molar-refractivity contribution < 1.29 is 5.11 Å². The van der Waals surface area contributed by atoms with Gasteiger partial charge in [-0.05, 0) is 45.5 Å². The number of anilines is 1. The Hall–Kier alpha value is -0.490. The van der Waals surface area contributed by atoms with E-state index in [2.05, 4.69) is 22.6 Å². The minimum atomic E-state index is 0.200. The molecule has 3 N–H and O–H groups in total. The Kier molecular flexibility index (Phi) is 1.88. The van der Waals surface area contributed by atoms with Gasteiger partial charge in [-0.15, -0.1) is 11.3 Å². The second kappa shape index (κ2) is 2.77. The largest absolute Gasteiger partial charge is 0.505 e. The summed E-state index contributed by atoms with van der Waals surface area (Å²) in [5, 5.41) is 12.6. The molecule has 1 aromatic heterocycles. The molecule has 4 heteroatoms. The average Bonchev–Trinajstić information content (AvgIpc) is 2.48. The number of hydrogen-bond acceptors (Lipinski definition) is 3. The van der Waals surface area contributed by atoms with E-state index in [9.17, 15) is 5.11 Å². The van der Waals surface area contributed by atoms with Gasteiger partial charge in [0.05, 0.1) is 14.0 Å². The van der Waals surface area contributed by atoms with Crippen LogP contribution >= 0.6 is 33.9 Å². The van der Waals surface area contributed by atoms with Crippen molar-refractivity contribution in [3.8, 4) is 5.75 Å². The molecule has 2 rings (SSSR count). The maximum Gasteiger partial charge on any atom is 0.153 e. The summed E-state index contributed by atoms with van der Waals surface area (Å²) in [5.41, 5.74) is 6.05. The Morgan fingerprint density at radius 3 is 3.00 bits per heavy atom. The topological polar surface area (TPSA) is 46.2 Å². The number of fused-ring (bicyclic) bond motifs is 1. The lowest BCUT2D eigenvalue weighted by molar-refractivity contribution is 0.475. The fourth-order valence-electron chi connectivity index (χ4n) is 1.08. The van der Waals surface area contributed by atoms with E-state index in [-0.39, 0.29) is 5.75 Å². The van der Waals surface area contributed by atoms with Crippen LogP contribution in [0.2, 0.25) is 0 Å². The molecule has 0 aliphatic carbocycles. The highest BCUT2D eigenvalue weighted by atomic mass is 127. The first-order valence-corrected chi connectivity index (χ1v) is 5.30. The molecule has 0 aliphatic rings. The van der Waals surface area contributed by atoms with Crippen LogP contribution in [0.3, 0.4) is 0 Å². The third-order valence-electron chi connectivity index (χ3n) is 1.69. The monoisotopic (exact) mass is 291 g/mol. The van der Waals surface area contributed by atoms with Gasteiger partial charge in [0, 0.05) is 0 Å². The van der Waals surface area contributed by atoms with E-state index < -0.39 is 0 Å². The van der Waals surface area contributed by atoms with Gasteiger partial charge in [0.15, 0.2) is 5.75 Å². The van der Waals surface area contributed by atoms with Crippen LogP contribution in [0.4, 0.5) is 5.69 Å². The van der Waals surface area contributed by atoms with E-state index in [0.717, 1.165) is 13.7 Å². The number of aromatic hydroxyl groups is 1. The molecule has 1 heterocycles. The molecule has 62 valence electrons. The highest BCUT2D eigenvalue weighted by molar-refractivity contribution is 14.1. The lowest BCUT2D eigenvalue weighted by Crippen LogP contribution is -1.87. The molecular formula is C8H6INOS. The number of nitrogen functional groups attached to an aromatic ring is 1. The Morgan fingerprint density at radius 1 is 1.50 bits per heavy atom. The van der Waals surface area contributed by atoms with Gasteiger partial charge in [0.2, 0.25) is 0 Å². The zero-order valence-corrected chi connectivity index (χ0v) is 9.02. The summed E-state index contributed by atoms with van der Waals surface area (Å²) in [7, 11) is 0. The van der Waals surface area contributed by atoms with Crippen molar-refractivity contribution in [2.75, 3.05) is 5.73 Å². The summed E-state index contributed by atoms with van der Waals surface area (Å²) in [6.07, 6.45) is 0. The van der Waals surface area contributed by atoms with Gasteiger partial charge in [0.1, 0.15) is 0 Å². The van der Waals surface area contributed by atoms with E-state index in [1.807, 2.05) is 11.4 Å². The first-order valence-electron chi connectivity index (χ1n) is 3.34. The number of rotatable bonds is 0. The minimum absolute atomic E-state index is 0.200. The maximum absolute atomic E-state index is 9.50. The zero-order valence-electron chi connectivity index (χ0n) is 6.04. The van der Waals surface area contributed by atoms with E-state index in [4.69, 9.17) is 5.73 Å². The van der Waals surface area contributed by atoms with Crippen LogP contribution in [0, 0.1) is 3.57 Å². The Morgan fingerprint density at radius 2 is 2.25 bits per heavy atom. The molecule has 0 saturated heterocycles. The van der Waals surface area contributed by atoms with Crippen molar-refractivity contribution in [3.63, 3.8) is 0 Å². The predicted octanol–water partition coefficient (Wildman–Crippen LogP) is 2.79. The van der Waals surface area contributed by atoms with Gasteiger partial charge in [-0.2, -0.15) is 0 Å². The average molecular weight is 291 g/mol. The second-order valence-corrected chi connectivity index (χ2v) is 4.46. The molecule has 0 bridgehead atoms. The van der Waals surface area contributed by atoms with Gasteiger partial charge < -0.3 is 10.8 Å². The van der Waals surface area contributed by atoms with Crippen LogP contribution in [0.1, 0.15) is 0 Å². The number of benzene rings is 1. The molecular weight excluding hydrogens is 285 g/mol. The lowest BCUT2D eigenvalue weighted by Gasteiger charge is -2.01. The Labute approximate surface area is 87.1 Å². The number of hydrogen-bond donors (Lipinski definition) is 2. The molecule has 0 fully saturated rings. The van der Waals surface area contributed by atoms with Crippen molar-refractivity contribution in [2.45, 2.75) is 0 Å². The zero-order chi connectivity index (χ0) is 8.72. The molecule has 0 amide bonds. The van der Waals surface area contributed by atoms with Crippen molar-refractivity contribution in [1.82, 2.24) is 0 Å². The molecule has 0 aliphatic heterocycles. The molecule has 2 aromatic rings. The number of nitrogens with two attached hydrogens (primary N) is 1. The normalized spacial score (nSPS) is 10.8. The van der Waals surface area contributed by atoms with Gasteiger partial charge in [-0.1, -0.05) is 0 Å². The van der Waals surface area contributed by atoms with Crippen LogP contribution in [0.25, 0.3) is 10.1 Å². The minimum Gasteiger partial charge on any atom is -0.505 e. The standard InChI is InChI=1S/C8H6INOS/c9-6-7(11)5(10)3-4-1-2-12-8(4)6/h1-3,11H,10H2. The van der Waals surface area contributed by atoms with Crippen molar-refractivity contribution >= 4 is 49.7 Å². The third-order valence-corrected chi connectivity index (χ3v) is 4.05. The van der Waals surface area contributed by atoms with Crippen molar-refractivity contribution in [2.24, 2.45) is 0 Å². The summed E-state index contributed by atoms with van der Waals surface area (Å²) in [4.78, 5) is 0. The molecule has 0 unspecified atom stereocenters. The molecule has 0 radical (unpaired) electrons. The SMILES string of the molecule is Nc1cc2ccsc2c(I)c1O. The highest BCUT2D eigenvalue weighted by Crippen LogP contribution is 2.36. The summed E-state index contributed by atoms with van der Waals surface area (Å²) in [6.45, 7) is 0. The van der Waals surface area contributed by atoms with Crippen LogP contribution < -0.4 is 5.73 Å². The van der Waals surface area contributed by atoms with Crippen LogP contribution in [0.5, 0.6) is 5.75 Å². The number of thiophene rings is 1. The van der Waals surface area contributed by atoms with Crippen molar-refractivity contribution in [3.05, 3.63) is 21.1 Å². The number of phenols is 1. The molecule has 12 heavy (non-hydrogen) atoms. The summed E-state index contributed by atoms with van der Waals surface area (Å²) < 4.78 is 1.94. The van der Waals surface area contributed by atoms with Crippen LogP contribution in [0.15, 0.2) is 17.5 Å². The number of phenolic OH excluding ortho intramolecular Hbond substituents is 1. The smallest absolute Gasteiger partial charge is 0.153 e. The Balaban J connectivity index is 2.94. The summed E-state index contributed by atoms with van der Waals surface area (Å²) in [6, 6.07) is 3.79. The van der Waals surface area contributed by atoms with E-state index >= 15 is 0 Å². The molecule has 0 spiro atoms. The van der Waals surface area contributed by atoms with Gasteiger partial charge in [0.25, 0.3) is 0 Å². The van der Waals surface area contributed by atoms with E-state index in [1.54, 1.807) is 17.4 Å². The van der Waals surface area contributed by atoms with Gasteiger partial charge >= 0.3 is 0 Å². The quantitative estimate of drug-likeness (QED) is 0.445. The van der Waals surface area contributed by atoms with E-state index in [1.165, 1.54) is 0 Å². The highest BCUT2D eigenvalue weighted by Gasteiger charge is 2.08. The first-order chi connectivity index (χ1) is 5.70.